The van der Waals surface area contributed by atoms with E-state index in [4.69, 9.17) is 28.9 Å². The molecule has 2 nitrogen and oxygen atoms in total. The molecule has 0 bridgehead atoms. The molecule has 1 aromatic rings. The van der Waals surface area contributed by atoms with Crippen molar-refractivity contribution in [2.75, 3.05) is 0 Å². The van der Waals surface area contributed by atoms with Gasteiger partial charge in [0.15, 0.2) is 0 Å². The predicted molar refractivity (Wildman–Crippen MR) is 62.6 cm³/mol. The molecule has 0 spiro atoms. The molecule has 1 aromatic carbocycles. The number of rotatable bonds is 2. The summed E-state index contributed by atoms with van der Waals surface area (Å²) in [7, 11) is 0. The molecule has 0 radical (unpaired) electrons. The monoisotopic (exact) mass is 228 g/mol. The summed E-state index contributed by atoms with van der Waals surface area (Å²) in [6.07, 6.45) is 3.28. The van der Waals surface area contributed by atoms with Crippen molar-refractivity contribution in [1.82, 2.24) is 0 Å². The zero-order valence-corrected chi connectivity index (χ0v) is 9.18. The molecular formula is C10H10Cl2N2. The highest BCUT2D eigenvalue weighted by atomic mass is 35.5. The summed E-state index contributed by atoms with van der Waals surface area (Å²) in [6.45, 7) is 1.78. The van der Waals surface area contributed by atoms with E-state index in [0.29, 0.717) is 21.4 Å². The van der Waals surface area contributed by atoms with Crippen molar-refractivity contribution < 1.29 is 0 Å². The fraction of sp³-hybridized carbons (Fsp3) is 0.100. The number of nitrogens with zero attached hydrogens (tertiary/aromatic N) is 1. The fourth-order valence-electron chi connectivity index (χ4n) is 0.820. The minimum atomic E-state index is 0.564. The second-order valence-corrected chi connectivity index (χ2v) is 3.63. The molecule has 0 aliphatic carbocycles. The van der Waals surface area contributed by atoms with Crippen LogP contribution in [0.2, 0.25) is 10.0 Å². The number of hydrogen-bond donors (Lipinski definition) is 1. The van der Waals surface area contributed by atoms with Crippen LogP contribution in [0.5, 0.6) is 0 Å². The zero-order valence-electron chi connectivity index (χ0n) is 7.67. The molecule has 2 N–H and O–H groups in total. The second-order valence-electron chi connectivity index (χ2n) is 2.78. The van der Waals surface area contributed by atoms with Gasteiger partial charge in [0.05, 0.1) is 10.7 Å². The van der Waals surface area contributed by atoms with Crippen molar-refractivity contribution in [3.8, 4) is 0 Å². The van der Waals surface area contributed by atoms with Gasteiger partial charge < -0.3 is 5.73 Å². The first-order chi connectivity index (χ1) is 6.59. The third-order valence-electron chi connectivity index (χ3n) is 1.46. The van der Waals surface area contributed by atoms with Crippen LogP contribution in [-0.2, 0) is 0 Å². The number of aliphatic imine (C=N–C) groups is 1. The average Bonchev–Trinajstić information content (AvgIpc) is 2.10. The Kier molecular flexibility index (Phi) is 3.98. The molecule has 0 saturated carbocycles. The Morgan fingerprint density at radius 1 is 1.43 bits per heavy atom. The van der Waals surface area contributed by atoms with Gasteiger partial charge in [-0.15, -0.1) is 0 Å². The number of benzene rings is 1. The van der Waals surface area contributed by atoms with Gasteiger partial charge in [0, 0.05) is 16.9 Å². The summed E-state index contributed by atoms with van der Waals surface area (Å²) >= 11 is 11.7. The predicted octanol–water partition coefficient (Wildman–Crippen LogP) is 3.56. The lowest BCUT2D eigenvalue weighted by Gasteiger charge is -1.97. The van der Waals surface area contributed by atoms with Crippen molar-refractivity contribution in [1.29, 1.82) is 0 Å². The van der Waals surface area contributed by atoms with Gasteiger partial charge in [-0.05, 0) is 31.2 Å². The molecule has 0 amide bonds. The zero-order chi connectivity index (χ0) is 10.6. The van der Waals surface area contributed by atoms with E-state index in [1.807, 2.05) is 0 Å². The molecule has 0 aromatic heterocycles. The van der Waals surface area contributed by atoms with Crippen LogP contribution in [0.1, 0.15) is 6.92 Å². The van der Waals surface area contributed by atoms with Crippen molar-refractivity contribution in [3.05, 3.63) is 40.0 Å². The first-order valence-corrected chi connectivity index (χ1v) is 4.76. The molecule has 0 aliphatic heterocycles. The van der Waals surface area contributed by atoms with Crippen LogP contribution in [0.3, 0.4) is 0 Å². The van der Waals surface area contributed by atoms with Crippen LogP contribution < -0.4 is 5.73 Å². The molecule has 4 heteroatoms. The summed E-state index contributed by atoms with van der Waals surface area (Å²) in [4.78, 5) is 4.11. The molecule has 0 heterocycles. The van der Waals surface area contributed by atoms with Gasteiger partial charge in [-0.2, -0.15) is 0 Å². The van der Waals surface area contributed by atoms with Crippen molar-refractivity contribution >= 4 is 35.1 Å². The molecule has 74 valence electrons. The molecular weight excluding hydrogens is 219 g/mol. The molecule has 0 aliphatic rings. The normalized spacial score (nSPS) is 12.4. The summed E-state index contributed by atoms with van der Waals surface area (Å²) < 4.78 is 0. The maximum atomic E-state index is 5.89. The lowest BCUT2D eigenvalue weighted by atomic mass is 10.3. The molecule has 0 atom stereocenters. The van der Waals surface area contributed by atoms with E-state index in [1.54, 1.807) is 37.4 Å². The quantitative estimate of drug-likeness (QED) is 0.773. The molecule has 0 unspecified atom stereocenters. The standard InChI is InChI=1S/C10H10Cl2N2/c1-7(13)4-5-14-10-6-8(11)2-3-9(10)12/h2-6H,13H2,1H3. The third-order valence-corrected chi connectivity index (χ3v) is 2.01. The average molecular weight is 229 g/mol. The lowest BCUT2D eigenvalue weighted by molar-refractivity contribution is 1.33. The van der Waals surface area contributed by atoms with Crippen LogP contribution in [-0.4, -0.2) is 6.21 Å². The summed E-state index contributed by atoms with van der Waals surface area (Å²) in [5, 5.41) is 1.17. The minimum absolute atomic E-state index is 0.564. The van der Waals surface area contributed by atoms with Crippen LogP contribution in [0.15, 0.2) is 35.0 Å². The van der Waals surface area contributed by atoms with E-state index in [0.717, 1.165) is 0 Å². The van der Waals surface area contributed by atoms with Crippen molar-refractivity contribution in [2.45, 2.75) is 6.92 Å². The van der Waals surface area contributed by atoms with Gasteiger partial charge in [-0.1, -0.05) is 23.2 Å². The topological polar surface area (TPSA) is 38.4 Å². The Morgan fingerprint density at radius 3 is 2.79 bits per heavy atom. The second kappa shape index (κ2) is 5.03. The SMILES string of the molecule is CC(N)=CC=Nc1cc(Cl)ccc1Cl. The first-order valence-electron chi connectivity index (χ1n) is 4.01. The van der Waals surface area contributed by atoms with E-state index in [2.05, 4.69) is 4.99 Å². The van der Waals surface area contributed by atoms with E-state index < -0.39 is 0 Å². The highest BCUT2D eigenvalue weighted by molar-refractivity contribution is 6.35. The Bertz CT molecular complexity index is 380. The number of hydrogen-bond acceptors (Lipinski definition) is 2. The molecule has 14 heavy (non-hydrogen) atoms. The Hall–Kier alpha value is -0.990. The maximum absolute atomic E-state index is 5.89. The summed E-state index contributed by atoms with van der Waals surface area (Å²) in [5.74, 6) is 0. The van der Waals surface area contributed by atoms with Gasteiger partial charge >= 0.3 is 0 Å². The lowest BCUT2D eigenvalue weighted by Crippen LogP contribution is -1.89. The Labute approximate surface area is 93.0 Å². The van der Waals surface area contributed by atoms with Gasteiger partial charge in [0.1, 0.15) is 0 Å². The Balaban J connectivity index is 2.91. The summed E-state index contributed by atoms with van der Waals surface area (Å²) in [6, 6.07) is 5.11. The van der Waals surface area contributed by atoms with Crippen LogP contribution in [0, 0.1) is 0 Å². The van der Waals surface area contributed by atoms with Gasteiger partial charge in [-0.3, -0.25) is 4.99 Å². The highest BCUT2D eigenvalue weighted by Crippen LogP contribution is 2.27. The van der Waals surface area contributed by atoms with Crippen LogP contribution >= 0.6 is 23.2 Å². The fourth-order valence-corrected chi connectivity index (χ4v) is 1.15. The highest BCUT2D eigenvalue weighted by Gasteiger charge is 1.97. The van der Waals surface area contributed by atoms with Crippen LogP contribution in [0.25, 0.3) is 0 Å². The van der Waals surface area contributed by atoms with Crippen LogP contribution in [0.4, 0.5) is 5.69 Å². The Morgan fingerprint density at radius 2 is 2.14 bits per heavy atom. The largest absolute Gasteiger partial charge is 0.402 e. The molecule has 0 fully saturated rings. The van der Waals surface area contributed by atoms with Gasteiger partial charge in [0.25, 0.3) is 0 Å². The third kappa shape index (κ3) is 3.40. The van der Waals surface area contributed by atoms with E-state index in [1.165, 1.54) is 0 Å². The molecule has 1 rings (SSSR count). The van der Waals surface area contributed by atoms with Crippen molar-refractivity contribution in [2.24, 2.45) is 10.7 Å². The maximum Gasteiger partial charge on any atom is 0.0830 e. The molecule has 0 saturated heterocycles. The minimum Gasteiger partial charge on any atom is -0.402 e. The van der Waals surface area contributed by atoms with Gasteiger partial charge in [0.2, 0.25) is 0 Å². The number of halogens is 2. The van der Waals surface area contributed by atoms with E-state index in [9.17, 15) is 0 Å². The first kappa shape index (κ1) is 11.1. The van der Waals surface area contributed by atoms with Crippen molar-refractivity contribution in [3.63, 3.8) is 0 Å². The van der Waals surface area contributed by atoms with E-state index in [-0.39, 0.29) is 0 Å². The van der Waals surface area contributed by atoms with Gasteiger partial charge in [-0.25, -0.2) is 0 Å². The smallest absolute Gasteiger partial charge is 0.0830 e. The number of allylic oxidation sites excluding steroid dienone is 2. The van der Waals surface area contributed by atoms with E-state index >= 15 is 0 Å². The summed E-state index contributed by atoms with van der Waals surface area (Å²) in [5.41, 5.74) is 6.76. The number of nitrogens with two attached hydrogens (primary N) is 1.